The summed E-state index contributed by atoms with van der Waals surface area (Å²) in [6.07, 6.45) is 4.63. The predicted molar refractivity (Wildman–Crippen MR) is 80.7 cm³/mol. The Kier molecular flexibility index (Phi) is 4.51. The van der Waals surface area contributed by atoms with Crippen LogP contribution in [-0.4, -0.2) is 18.2 Å². The fraction of sp³-hybridized carbons (Fsp3) is 0.647. The highest BCUT2D eigenvalue weighted by Gasteiger charge is 2.21. The summed E-state index contributed by atoms with van der Waals surface area (Å²) in [5.41, 5.74) is 2.65. The molecule has 1 aromatic rings. The molecule has 1 aliphatic heterocycles. The molecule has 2 rings (SSSR count). The largest absolute Gasteiger partial charge is 0.508 e. The minimum Gasteiger partial charge on any atom is -0.508 e. The highest BCUT2D eigenvalue weighted by atomic mass is 16.3. The van der Waals surface area contributed by atoms with Crippen LogP contribution in [0.4, 0.5) is 0 Å². The molecule has 1 unspecified atom stereocenters. The van der Waals surface area contributed by atoms with Crippen LogP contribution in [0.15, 0.2) is 18.2 Å². The lowest BCUT2D eigenvalue weighted by Crippen LogP contribution is -2.30. The van der Waals surface area contributed by atoms with E-state index in [1.54, 1.807) is 0 Å². The molecule has 1 heterocycles. The maximum absolute atomic E-state index is 10.1. The van der Waals surface area contributed by atoms with Crippen LogP contribution in [0, 0.1) is 5.92 Å². The lowest BCUT2D eigenvalue weighted by Gasteiger charge is -2.26. The quantitative estimate of drug-likeness (QED) is 0.867. The lowest BCUT2D eigenvalue weighted by atomic mass is 9.80. The monoisotopic (exact) mass is 261 g/mol. The average molecular weight is 261 g/mol. The number of rotatable bonds is 4. The van der Waals surface area contributed by atoms with E-state index in [1.165, 1.54) is 18.4 Å². The highest BCUT2D eigenvalue weighted by molar-refractivity contribution is 5.39. The summed E-state index contributed by atoms with van der Waals surface area (Å²) in [5, 5.41) is 13.5. The number of phenols is 1. The molecule has 0 saturated carbocycles. The minimum absolute atomic E-state index is 0.188. The molecule has 2 nitrogen and oxygen atoms in total. The van der Waals surface area contributed by atoms with Gasteiger partial charge < -0.3 is 10.4 Å². The molecule has 0 bridgehead atoms. The van der Waals surface area contributed by atoms with E-state index in [2.05, 4.69) is 38.2 Å². The van der Waals surface area contributed by atoms with Crippen LogP contribution in [0.2, 0.25) is 0 Å². The van der Waals surface area contributed by atoms with Gasteiger partial charge in [-0.1, -0.05) is 32.9 Å². The normalized spacial score (nSPS) is 20.5. The Morgan fingerprint density at radius 3 is 2.79 bits per heavy atom. The van der Waals surface area contributed by atoms with Gasteiger partial charge in [0.05, 0.1) is 0 Å². The fourth-order valence-corrected chi connectivity index (χ4v) is 2.78. The maximum atomic E-state index is 10.1. The average Bonchev–Trinajstić information content (AvgIpc) is 2.42. The Bertz CT molecular complexity index is 419. The van der Waals surface area contributed by atoms with Crippen LogP contribution in [0.25, 0.3) is 0 Å². The molecule has 2 N–H and O–H groups in total. The third-order valence-corrected chi connectivity index (χ3v) is 4.65. The topological polar surface area (TPSA) is 32.3 Å². The zero-order chi connectivity index (χ0) is 13.9. The van der Waals surface area contributed by atoms with Crippen molar-refractivity contribution in [1.82, 2.24) is 5.32 Å². The first-order valence-electron chi connectivity index (χ1n) is 7.56. The molecule has 19 heavy (non-hydrogen) atoms. The van der Waals surface area contributed by atoms with E-state index in [9.17, 15) is 5.11 Å². The number of hydrogen-bond acceptors (Lipinski definition) is 2. The van der Waals surface area contributed by atoms with Crippen molar-refractivity contribution >= 4 is 0 Å². The van der Waals surface area contributed by atoms with E-state index in [1.807, 2.05) is 6.07 Å². The zero-order valence-corrected chi connectivity index (χ0v) is 12.5. The number of phenolic OH excluding ortho intramolecular Hbond substituents is 1. The van der Waals surface area contributed by atoms with Gasteiger partial charge in [-0.05, 0) is 67.3 Å². The number of aromatic hydroxyl groups is 1. The van der Waals surface area contributed by atoms with Gasteiger partial charge in [-0.3, -0.25) is 0 Å². The van der Waals surface area contributed by atoms with E-state index >= 15 is 0 Å². The van der Waals surface area contributed by atoms with Gasteiger partial charge in [0.25, 0.3) is 0 Å². The van der Waals surface area contributed by atoms with Gasteiger partial charge in [-0.2, -0.15) is 0 Å². The van der Waals surface area contributed by atoms with Gasteiger partial charge in [0.2, 0.25) is 0 Å². The molecular weight excluding hydrogens is 234 g/mol. The van der Waals surface area contributed by atoms with Crippen molar-refractivity contribution in [1.29, 1.82) is 0 Å². The van der Waals surface area contributed by atoms with Crippen molar-refractivity contribution in [3.05, 3.63) is 29.3 Å². The standard InChI is InChI=1S/C17H27NO/c1-4-17(2,3)15-7-8-16(19)14(11-15)10-13-6-5-9-18-12-13/h7-8,11,13,18-19H,4-6,9-10,12H2,1-3H3. The van der Waals surface area contributed by atoms with Gasteiger partial charge in [0.15, 0.2) is 0 Å². The summed E-state index contributed by atoms with van der Waals surface area (Å²) in [4.78, 5) is 0. The zero-order valence-electron chi connectivity index (χ0n) is 12.5. The summed E-state index contributed by atoms with van der Waals surface area (Å²) in [6.45, 7) is 8.99. The van der Waals surface area contributed by atoms with Crippen molar-refractivity contribution < 1.29 is 5.11 Å². The van der Waals surface area contributed by atoms with Crippen molar-refractivity contribution in [3.8, 4) is 5.75 Å². The van der Waals surface area contributed by atoms with E-state index in [0.29, 0.717) is 11.7 Å². The molecule has 0 aliphatic carbocycles. The van der Waals surface area contributed by atoms with E-state index in [0.717, 1.165) is 31.5 Å². The molecule has 2 heteroatoms. The molecule has 1 atom stereocenters. The predicted octanol–water partition coefficient (Wildman–Crippen LogP) is 3.62. The van der Waals surface area contributed by atoms with E-state index in [-0.39, 0.29) is 5.41 Å². The maximum Gasteiger partial charge on any atom is 0.118 e. The fourth-order valence-electron chi connectivity index (χ4n) is 2.78. The first kappa shape index (κ1) is 14.4. The van der Waals surface area contributed by atoms with E-state index < -0.39 is 0 Å². The Morgan fingerprint density at radius 1 is 1.37 bits per heavy atom. The molecule has 1 aromatic carbocycles. The summed E-state index contributed by atoms with van der Waals surface area (Å²) >= 11 is 0. The van der Waals surface area contributed by atoms with Crippen molar-refractivity contribution in [2.45, 2.75) is 51.9 Å². The minimum atomic E-state index is 0.188. The number of piperidine rings is 1. The first-order chi connectivity index (χ1) is 9.03. The Morgan fingerprint density at radius 2 is 2.16 bits per heavy atom. The molecule has 1 fully saturated rings. The SMILES string of the molecule is CCC(C)(C)c1ccc(O)c(CC2CCCNC2)c1. The van der Waals surface area contributed by atoms with Gasteiger partial charge in [-0.15, -0.1) is 0 Å². The Labute approximate surface area is 117 Å². The van der Waals surface area contributed by atoms with Crippen molar-refractivity contribution in [3.63, 3.8) is 0 Å². The van der Waals surface area contributed by atoms with Crippen molar-refractivity contribution in [2.75, 3.05) is 13.1 Å². The van der Waals surface area contributed by atoms with Crippen LogP contribution in [-0.2, 0) is 11.8 Å². The van der Waals surface area contributed by atoms with Crippen LogP contribution in [0.5, 0.6) is 5.75 Å². The van der Waals surface area contributed by atoms with Gasteiger partial charge in [0, 0.05) is 0 Å². The molecule has 0 radical (unpaired) electrons. The third kappa shape index (κ3) is 3.50. The summed E-state index contributed by atoms with van der Waals surface area (Å²) in [6, 6.07) is 6.16. The van der Waals surface area contributed by atoms with Crippen LogP contribution in [0.1, 0.15) is 51.2 Å². The number of nitrogens with one attached hydrogen (secondary N) is 1. The smallest absolute Gasteiger partial charge is 0.118 e. The highest BCUT2D eigenvalue weighted by Crippen LogP contribution is 2.32. The summed E-state index contributed by atoms with van der Waals surface area (Å²) < 4.78 is 0. The second-order valence-electron chi connectivity index (χ2n) is 6.50. The van der Waals surface area contributed by atoms with Gasteiger partial charge >= 0.3 is 0 Å². The Balaban J connectivity index is 2.17. The molecule has 106 valence electrons. The molecule has 0 aromatic heterocycles. The summed E-state index contributed by atoms with van der Waals surface area (Å²) in [5.74, 6) is 1.13. The molecule has 0 amide bonds. The second-order valence-corrected chi connectivity index (χ2v) is 6.50. The number of benzene rings is 1. The molecule has 1 saturated heterocycles. The summed E-state index contributed by atoms with van der Waals surface area (Å²) in [7, 11) is 0. The van der Waals surface area contributed by atoms with Gasteiger partial charge in [-0.25, -0.2) is 0 Å². The second kappa shape index (κ2) is 5.96. The molecule has 1 aliphatic rings. The number of hydrogen-bond donors (Lipinski definition) is 2. The van der Waals surface area contributed by atoms with Crippen LogP contribution < -0.4 is 5.32 Å². The van der Waals surface area contributed by atoms with Crippen molar-refractivity contribution in [2.24, 2.45) is 5.92 Å². The lowest BCUT2D eigenvalue weighted by molar-refractivity contribution is 0.369. The van der Waals surface area contributed by atoms with Crippen LogP contribution >= 0.6 is 0 Å². The van der Waals surface area contributed by atoms with Crippen LogP contribution in [0.3, 0.4) is 0 Å². The molecular formula is C17H27NO. The van der Waals surface area contributed by atoms with Gasteiger partial charge in [0.1, 0.15) is 5.75 Å². The van der Waals surface area contributed by atoms with E-state index in [4.69, 9.17) is 0 Å². The third-order valence-electron chi connectivity index (χ3n) is 4.65. The first-order valence-corrected chi connectivity index (χ1v) is 7.56. The Hall–Kier alpha value is -1.02. The molecule has 0 spiro atoms.